The minimum absolute atomic E-state index is 0.141. The van der Waals surface area contributed by atoms with Gasteiger partial charge >= 0.3 is 0 Å². The maximum Gasteiger partial charge on any atom is 0.232 e. The lowest BCUT2D eigenvalue weighted by molar-refractivity contribution is -0.130. The van der Waals surface area contributed by atoms with Gasteiger partial charge in [0.25, 0.3) is 0 Å². The molecule has 1 atom stereocenters. The van der Waals surface area contributed by atoms with E-state index < -0.39 is 0 Å². The van der Waals surface area contributed by atoms with E-state index in [1.54, 1.807) is 0 Å². The summed E-state index contributed by atoms with van der Waals surface area (Å²) in [4.78, 5) is 19.1. The number of thioether (sulfide) groups is 1. The fourth-order valence-electron chi connectivity index (χ4n) is 3.36. The first-order chi connectivity index (χ1) is 12.5. The molecule has 1 unspecified atom stereocenters. The van der Waals surface area contributed by atoms with Crippen LogP contribution in [0, 0.1) is 17.2 Å². The zero-order chi connectivity index (χ0) is 18.7. The highest BCUT2D eigenvalue weighted by Crippen LogP contribution is 2.27. The lowest BCUT2D eigenvalue weighted by atomic mass is 10.0. The van der Waals surface area contributed by atoms with Crippen LogP contribution in [-0.2, 0) is 4.79 Å². The molecule has 0 radical (unpaired) electrons. The Morgan fingerprint density at radius 2 is 2.23 bits per heavy atom. The van der Waals surface area contributed by atoms with Gasteiger partial charge in [0.1, 0.15) is 11.1 Å². The molecule has 1 amide bonds. The van der Waals surface area contributed by atoms with Crippen LogP contribution in [0.4, 0.5) is 0 Å². The third kappa shape index (κ3) is 4.19. The SMILES string of the molecule is CC1CCCN(C(=O)CSc2nc3ccc(C(C)C)cc3cc2C#N)C1. The monoisotopic (exact) mass is 367 g/mol. The van der Waals surface area contributed by atoms with Crippen molar-refractivity contribution in [2.75, 3.05) is 18.8 Å². The summed E-state index contributed by atoms with van der Waals surface area (Å²) in [6, 6.07) is 10.3. The van der Waals surface area contributed by atoms with Crippen LogP contribution in [0.5, 0.6) is 0 Å². The van der Waals surface area contributed by atoms with Crippen molar-refractivity contribution >= 4 is 28.6 Å². The topological polar surface area (TPSA) is 57.0 Å². The van der Waals surface area contributed by atoms with Gasteiger partial charge in [0.15, 0.2) is 0 Å². The fourth-order valence-corrected chi connectivity index (χ4v) is 4.23. The summed E-state index contributed by atoms with van der Waals surface area (Å²) < 4.78 is 0. The fraction of sp³-hybridized carbons (Fsp3) is 0.476. The number of likely N-dealkylation sites (tertiary alicyclic amines) is 1. The average Bonchev–Trinajstić information content (AvgIpc) is 2.64. The molecule has 0 aliphatic carbocycles. The normalized spacial score (nSPS) is 17.5. The number of carbonyl (C=O) groups is 1. The molecule has 1 fully saturated rings. The molecule has 1 aromatic heterocycles. The molecule has 0 saturated carbocycles. The molecular weight excluding hydrogens is 342 g/mol. The van der Waals surface area contributed by atoms with E-state index >= 15 is 0 Å². The zero-order valence-corrected chi connectivity index (χ0v) is 16.5. The molecule has 3 rings (SSSR count). The molecule has 26 heavy (non-hydrogen) atoms. The van der Waals surface area contributed by atoms with Crippen LogP contribution in [0.3, 0.4) is 0 Å². The van der Waals surface area contributed by atoms with Crippen molar-refractivity contribution in [3.8, 4) is 6.07 Å². The standard InChI is InChI=1S/C21H25N3OS/c1-14(2)16-6-7-19-17(9-16)10-18(11-22)21(23-19)26-13-20(25)24-8-4-5-15(3)12-24/h6-7,9-10,14-15H,4-5,8,12-13H2,1-3H3. The van der Waals surface area contributed by atoms with Gasteiger partial charge in [0.05, 0.1) is 16.8 Å². The van der Waals surface area contributed by atoms with Crippen LogP contribution >= 0.6 is 11.8 Å². The summed E-state index contributed by atoms with van der Waals surface area (Å²) in [6.45, 7) is 8.18. The van der Waals surface area contributed by atoms with E-state index in [1.807, 2.05) is 17.0 Å². The van der Waals surface area contributed by atoms with Gasteiger partial charge in [0, 0.05) is 18.5 Å². The van der Waals surface area contributed by atoms with Gasteiger partial charge in [-0.3, -0.25) is 4.79 Å². The van der Waals surface area contributed by atoms with Crippen LogP contribution in [0.2, 0.25) is 0 Å². The Morgan fingerprint density at radius 3 is 2.92 bits per heavy atom. The summed E-state index contributed by atoms with van der Waals surface area (Å²) in [6.07, 6.45) is 2.27. The number of fused-ring (bicyclic) bond motifs is 1. The number of carbonyl (C=O) groups excluding carboxylic acids is 1. The number of benzene rings is 1. The van der Waals surface area contributed by atoms with E-state index in [1.165, 1.54) is 23.7 Å². The summed E-state index contributed by atoms with van der Waals surface area (Å²) in [7, 11) is 0. The Kier molecular flexibility index (Phi) is 5.83. The first-order valence-electron chi connectivity index (χ1n) is 9.23. The second kappa shape index (κ2) is 8.09. The smallest absolute Gasteiger partial charge is 0.232 e. The minimum Gasteiger partial charge on any atom is -0.342 e. The minimum atomic E-state index is 0.141. The number of nitriles is 1. The van der Waals surface area contributed by atoms with Crippen LogP contribution in [0.25, 0.3) is 10.9 Å². The maximum atomic E-state index is 12.5. The molecule has 0 bridgehead atoms. The van der Waals surface area contributed by atoms with E-state index in [4.69, 9.17) is 0 Å². The number of rotatable bonds is 4. The van der Waals surface area contributed by atoms with Crippen LogP contribution in [0.15, 0.2) is 29.3 Å². The lowest BCUT2D eigenvalue weighted by Gasteiger charge is -2.30. The summed E-state index contributed by atoms with van der Waals surface area (Å²) in [5.74, 6) is 1.48. The number of piperidine rings is 1. The number of nitrogens with zero attached hydrogens (tertiary/aromatic N) is 3. The number of aromatic nitrogens is 1. The van der Waals surface area contributed by atoms with Gasteiger partial charge in [-0.1, -0.05) is 38.6 Å². The summed E-state index contributed by atoms with van der Waals surface area (Å²) >= 11 is 1.38. The van der Waals surface area contributed by atoms with E-state index in [0.717, 1.165) is 30.4 Å². The molecule has 5 heteroatoms. The number of pyridine rings is 1. The first-order valence-corrected chi connectivity index (χ1v) is 10.2. The van der Waals surface area contributed by atoms with Gasteiger partial charge in [-0.15, -0.1) is 0 Å². The van der Waals surface area contributed by atoms with Crippen LogP contribution in [-0.4, -0.2) is 34.6 Å². The number of hydrogen-bond donors (Lipinski definition) is 0. The molecule has 2 aromatic rings. The van der Waals surface area contributed by atoms with Crippen molar-refractivity contribution in [2.24, 2.45) is 5.92 Å². The average molecular weight is 368 g/mol. The molecule has 1 aliphatic heterocycles. The van der Waals surface area contributed by atoms with E-state index in [9.17, 15) is 10.1 Å². The maximum absolute atomic E-state index is 12.5. The van der Waals surface area contributed by atoms with Crippen molar-refractivity contribution in [1.29, 1.82) is 5.26 Å². The second-order valence-corrected chi connectivity index (χ2v) is 8.40. The molecule has 0 N–H and O–H groups in total. The predicted molar refractivity (Wildman–Crippen MR) is 106 cm³/mol. The Morgan fingerprint density at radius 1 is 1.42 bits per heavy atom. The molecule has 4 nitrogen and oxygen atoms in total. The molecule has 1 aliphatic rings. The van der Waals surface area contributed by atoms with E-state index in [-0.39, 0.29) is 5.91 Å². The Bertz CT molecular complexity index is 856. The van der Waals surface area contributed by atoms with Gasteiger partial charge in [-0.25, -0.2) is 4.98 Å². The Balaban J connectivity index is 1.78. The highest BCUT2D eigenvalue weighted by molar-refractivity contribution is 8.00. The van der Waals surface area contributed by atoms with Crippen LogP contribution < -0.4 is 0 Å². The number of amides is 1. The third-order valence-electron chi connectivity index (χ3n) is 4.93. The molecule has 0 spiro atoms. The molecular formula is C21H25N3OS. The van der Waals surface area contributed by atoms with Crippen molar-refractivity contribution in [3.63, 3.8) is 0 Å². The zero-order valence-electron chi connectivity index (χ0n) is 15.7. The van der Waals surface area contributed by atoms with Crippen molar-refractivity contribution < 1.29 is 4.79 Å². The van der Waals surface area contributed by atoms with Crippen molar-refractivity contribution in [1.82, 2.24) is 9.88 Å². The van der Waals surface area contributed by atoms with E-state index in [0.29, 0.717) is 28.2 Å². The Hall–Kier alpha value is -2.06. The molecule has 1 saturated heterocycles. The van der Waals surface area contributed by atoms with Gasteiger partial charge in [-0.05, 0) is 48.4 Å². The Labute approximate surface area is 159 Å². The van der Waals surface area contributed by atoms with Gasteiger partial charge in [-0.2, -0.15) is 5.26 Å². The largest absolute Gasteiger partial charge is 0.342 e. The molecule has 1 aromatic carbocycles. The molecule has 136 valence electrons. The quantitative estimate of drug-likeness (QED) is 0.742. The van der Waals surface area contributed by atoms with Gasteiger partial charge < -0.3 is 4.90 Å². The molecule has 2 heterocycles. The predicted octanol–water partition coefficient (Wildman–Crippen LogP) is 4.58. The highest BCUT2D eigenvalue weighted by atomic mass is 32.2. The van der Waals surface area contributed by atoms with Crippen LogP contribution in [0.1, 0.15) is 50.7 Å². The summed E-state index contributed by atoms with van der Waals surface area (Å²) in [5.41, 5.74) is 2.65. The van der Waals surface area contributed by atoms with Crippen molar-refractivity contribution in [3.05, 3.63) is 35.4 Å². The second-order valence-electron chi connectivity index (χ2n) is 7.44. The first kappa shape index (κ1) is 18.7. The third-order valence-corrected chi connectivity index (χ3v) is 5.91. The number of hydrogen-bond acceptors (Lipinski definition) is 4. The summed E-state index contributed by atoms with van der Waals surface area (Å²) in [5, 5.41) is 11.1. The van der Waals surface area contributed by atoms with Gasteiger partial charge in [0.2, 0.25) is 5.91 Å². The van der Waals surface area contributed by atoms with Crippen molar-refractivity contribution in [2.45, 2.75) is 44.6 Å². The van der Waals surface area contributed by atoms with E-state index in [2.05, 4.69) is 44.0 Å². The highest BCUT2D eigenvalue weighted by Gasteiger charge is 2.21. The lowest BCUT2D eigenvalue weighted by Crippen LogP contribution is -2.40.